The van der Waals surface area contributed by atoms with E-state index in [1.54, 1.807) is 12.3 Å². The quantitative estimate of drug-likeness (QED) is 0.337. The van der Waals surface area contributed by atoms with Crippen molar-refractivity contribution in [1.82, 2.24) is 9.88 Å². The third kappa shape index (κ3) is 6.85. The van der Waals surface area contributed by atoms with E-state index in [4.69, 9.17) is 4.74 Å². The Morgan fingerprint density at radius 3 is 2.30 bits per heavy atom. The predicted octanol–water partition coefficient (Wildman–Crippen LogP) is 7.22. The van der Waals surface area contributed by atoms with E-state index in [1.807, 2.05) is 50.8 Å². The molecule has 4 rings (SSSR count). The van der Waals surface area contributed by atoms with Gasteiger partial charge in [-0.15, -0.1) is 0 Å². The van der Waals surface area contributed by atoms with E-state index in [0.29, 0.717) is 31.0 Å². The molecule has 0 bridgehead atoms. The van der Waals surface area contributed by atoms with E-state index in [0.717, 1.165) is 24.1 Å². The summed E-state index contributed by atoms with van der Waals surface area (Å²) in [5, 5.41) is 0. The van der Waals surface area contributed by atoms with Gasteiger partial charge in [0, 0.05) is 42.9 Å². The number of nitrogens with zero attached hydrogens (tertiary/aromatic N) is 2. The summed E-state index contributed by atoms with van der Waals surface area (Å²) < 4.78 is 5.54. The van der Waals surface area contributed by atoms with Crippen LogP contribution in [-0.4, -0.2) is 40.5 Å². The number of hydrogen-bond acceptors (Lipinski definition) is 4. The molecule has 5 heteroatoms. The second-order valence-corrected chi connectivity index (χ2v) is 11.1. The van der Waals surface area contributed by atoms with Gasteiger partial charge in [-0.05, 0) is 87.8 Å². The number of Topliss-reactive ketones (excluding diaryl/α,β-unsaturated/α-hetero) is 1. The molecule has 1 unspecified atom stereocenters. The normalized spacial score (nSPS) is 15.3. The first-order valence-corrected chi connectivity index (χ1v) is 13.2. The number of likely N-dealkylation sites (tertiary alicyclic amines) is 1. The summed E-state index contributed by atoms with van der Waals surface area (Å²) in [6.07, 6.45) is 3.71. The maximum atomic E-state index is 13.3. The Labute approximate surface area is 220 Å². The summed E-state index contributed by atoms with van der Waals surface area (Å²) in [6.45, 7) is 11.1. The van der Waals surface area contributed by atoms with Gasteiger partial charge in [0.25, 0.3) is 0 Å². The zero-order valence-electron chi connectivity index (χ0n) is 22.7. The number of piperidine rings is 1. The van der Waals surface area contributed by atoms with Crippen LogP contribution in [0.25, 0.3) is 0 Å². The summed E-state index contributed by atoms with van der Waals surface area (Å²) in [5.41, 5.74) is 5.87. The average molecular weight is 499 g/mol. The SMILES string of the molecule is Cc1cc(C(=O)CC(c2ccc(C3CCN(C(=O)OC(C)(C)C)CC3)cc2)c2ccccc2C)ccn1. The molecule has 2 aromatic carbocycles. The van der Waals surface area contributed by atoms with Crippen molar-refractivity contribution in [2.24, 2.45) is 0 Å². The number of ketones is 1. The van der Waals surface area contributed by atoms with Crippen LogP contribution in [0, 0.1) is 13.8 Å². The fraction of sp³-hybridized carbons (Fsp3) is 0.406. The highest BCUT2D eigenvalue weighted by Gasteiger charge is 2.28. The number of amides is 1. The lowest BCUT2D eigenvalue weighted by Crippen LogP contribution is -2.41. The van der Waals surface area contributed by atoms with Crippen LogP contribution in [0.3, 0.4) is 0 Å². The van der Waals surface area contributed by atoms with Crippen molar-refractivity contribution < 1.29 is 14.3 Å². The lowest BCUT2D eigenvalue weighted by atomic mass is 9.82. The van der Waals surface area contributed by atoms with Gasteiger partial charge < -0.3 is 9.64 Å². The van der Waals surface area contributed by atoms with Gasteiger partial charge in [0.05, 0.1) is 0 Å². The Bertz CT molecular complexity index is 1240. The molecule has 1 aromatic heterocycles. The molecule has 1 fully saturated rings. The molecule has 2 heterocycles. The number of carbonyl (C=O) groups is 2. The molecule has 1 atom stereocenters. The largest absolute Gasteiger partial charge is 0.444 e. The maximum Gasteiger partial charge on any atom is 0.410 e. The minimum Gasteiger partial charge on any atom is -0.444 e. The first-order chi connectivity index (χ1) is 17.6. The molecule has 3 aromatic rings. The number of carbonyl (C=O) groups excluding carboxylic acids is 2. The highest BCUT2D eigenvalue weighted by atomic mass is 16.6. The van der Waals surface area contributed by atoms with Crippen molar-refractivity contribution in [3.8, 4) is 0 Å². The van der Waals surface area contributed by atoms with Gasteiger partial charge in [0.1, 0.15) is 5.60 Å². The number of hydrogen-bond donors (Lipinski definition) is 0. The molecule has 0 N–H and O–H groups in total. The van der Waals surface area contributed by atoms with Crippen molar-refractivity contribution in [1.29, 1.82) is 0 Å². The highest BCUT2D eigenvalue weighted by Crippen LogP contribution is 2.34. The first-order valence-electron chi connectivity index (χ1n) is 13.2. The second kappa shape index (κ2) is 11.3. The molecule has 1 saturated heterocycles. The molecule has 1 aliphatic heterocycles. The fourth-order valence-corrected chi connectivity index (χ4v) is 5.13. The van der Waals surface area contributed by atoms with Gasteiger partial charge in [0.15, 0.2) is 5.78 Å². The molecule has 0 aliphatic carbocycles. The van der Waals surface area contributed by atoms with Crippen molar-refractivity contribution in [2.45, 2.75) is 71.3 Å². The molecule has 194 valence electrons. The van der Waals surface area contributed by atoms with Crippen LogP contribution in [0.5, 0.6) is 0 Å². The summed E-state index contributed by atoms with van der Waals surface area (Å²) in [6, 6.07) is 20.8. The van der Waals surface area contributed by atoms with E-state index >= 15 is 0 Å². The summed E-state index contributed by atoms with van der Waals surface area (Å²) >= 11 is 0. The van der Waals surface area contributed by atoms with Crippen LogP contribution < -0.4 is 0 Å². The third-order valence-electron chi connectivity index (χ3n) is 7.13. The molecule has 1 aliphatic rings. The fourth-order valence-electron chi connectivity index (χ4n) is 5.13. The van der Waals surface area contributed by atoms with Crippen molar-refractivity contribution in [2.75, 3.05) is 13.1 Å². The Balaban J connectivity index is 1.50. The Kier molecular flexibility index (Phi) is 8.11. The van der Waals surface area contributed by atoms with Crippen LogP contribution in [0.15, 0.2) is 66.9 Å². The standard InChI is InChI=1S/C32H38N2O3/c1-22-8-6-7-9-28(22)29(21-30(35)27-14-17-33-23(2)20-27)26-12-10-24(11-13-26)25-15-18-34(19-16-25)31(36)37-32(3,4)5/h6-14,17,20,25,29H,15-16,18-19,21H2,1-5H3. The molecular formula is C32H38N2O3. The average Bonchev–Trinajstić information content (AvgIpc) is 2.87. The van der Waals surface area contributed by atoms with E-state index < -0.39 is 5.60 Å². The van der Waals surface area contributed by atoms with Gasteiger partial charge in [-0.2, -0.15) is 0 Å². The highest BCUT2D eigenvalue weighted by molar-refractivity contribution is 5.96. The summed E-state index contributed by atoms with van der Waals surface area (Å²) in [4.78, 5) is 31.8. The molecule has 0 saturated carbocycles. The smallest absolute Gasteiger partial charge is 0.410 e. The molecule has 37 heavy (non-hydrogen) atoms. The Hall–Kier alpha value is -3.47. The number of aromatic nitrogens is 1. The minimum atomic E-state index is -0.477. The Morgan fingerprint density at radius 2 is 1.68 bits per heavy atom. The molecule has 0 radical (unpaired) electrons. The van der Waals surface area contributed by atoms with Crippen LogP contribution >= 0.6 is 0 Å². The van der Waals surface area contributed by atoms with Crippen molar-refractivity contribution in [3.63, 3.8) is 0 Å². The topological polar surface area (TPSA) is 59.5 Å². The minimum absolute atomic E-state index is 0.0229. The number of pyridine rings is 1. The van der Waals surface area contributed by atoms with Crippen LogP contribution in [0.1, 0.15) is 90.2 Å². The van der Waals surface area contributed by atoms with Gasteiger partial charge in [-0.1, -0.05) is 48.5 Å². The van der Waals surface area contributed by atoms with Crippen LogP contribution in [0.4, 0.5) is 4.79 Å². The lowest BCUT2D eigenvalue weighted by molar-refractivity contribution is 0.0204. The number of benzene rings is 2. The predicted molar refractivity (Wildman–Crippen MR) is 147 cm³/mol. The van der Waals surface area contributed by atoms with Crippen LogP contribution in [-0.2, 0) is 4.74 Å². The van der Waals surface area contributed by atoms with E-state index in [1.165, 1.54) is 16.7 Å². The van der Waals surface area contributed by atoms with E-state index in [2.05, 4.69) is 48.3 Å². The number of aryl methyl sites for hydroxylation is 2. The van der Waals surface area contributed by atoms with Crippen molar-refractivity contribution >= 4 is 11.9 Å². The van der Waals surface area contributed by atoms with Gasteiger partial charge >= 0.3 is 6.09 Å². The monoisotopic (exact) mass is 498 g/mol. The summed E-state index contributed by atoms with van der Waals surface area (Å²) in [7, 11) is 0. The maximum absolute atomic E-state index is 13.3. The van der Waals surface area contributed by atoms with Crippen LogP contribution in [0.2, 0.25) is 0 Å². The zero-order chi connectivity index (χ0) is 26.6. The molecular weight excluding hydrogens is 460 g/mol. The third-order valence-corrected chi connectivity index (χ3v) is 7.13. The number of ether oxygens (including phenoxy) is 1. The molecule has 1 amide bonds. The zero-order valence-corrected chi connectivity index (χ0v) is 22.7. The lowest BCUT2D eigenvalue weighted by Gasteiger charge is -2.33. The van der Waals surface area contributed by atoms with Gasteiger partial charge in [0.2, 0.25) is 0 Å². The molecule has 5 nitrogen and oxygen atoms in total. The van der Waals surface area contributed by atoms with E-state index in [9.17, 15) is 9.59 Å². The first kappa shape index (κ1) is 26.6. The molecule has 0 spiro atoms. The van der Waals surface area contributed by atoms with Crippen molar-refractivity contribution in [3.05, 3.63) is 100 Å². The van der Waals surface area contributed by atoms with E-state index in [-0.39, 0.29) is 17.8 Å². The summed E-state index contributed by atoms with van der Waals surface area (Å²) in [5.74, 6) is 0.508. The van der Waals surface area contributed by atoms with Gasteiger partial charge in [-0.3, -0.25) is 9.78 Å². The number of rotatable bonds is 6. The Morgan fingerprint density at radius 1 is 1.00 bits per heavy atom. The van der Waals surface area contributed by atoms with Gasteiger partial charge in [-0.25, -0.2) is 4.79 Å². The second-order valence-electron chi connectivity index (χ2n) is 11.1.